The van der Waals surface area contributed by atoms with Crippen molar-refractivity contribution in [2.75, 3.05) is 13.1 Å². The number of aliphatic hydroxyl groups is 1. The van der Waals surface area contributed by atoms with Gasteiger partial charge < -0.3 is 10.0 Å². The number of β-amino-alcohol motifs (C(OH)–C–C–N with tert-alkyl or cyclic N) is 1. The summed E-state index contributed by atoms with van der Waals surface area (Å²) in [5.41, 5.74) is 1.16. The largest absolute Gasteiger partial charge is 0.391 e. The second kappa shape index (κ2) is 7.13. The van der Waals surface area contributed by atoms with Gasteiger partial charge in [0.25, 0.3) is 5.91 Å². The second-order valence-electron chi connectivity index (χ2n) is 6.20. The van der Waals surface area contributed by atoms with Crippen molar-refractivity contribution >= 4 is 5.91 Å². The number of carbonyl (C=O) groups is 1. The van der Waals surface area contributed by atoms with Gasteiger partial charge in [-0.05, 0) is 43.4 Å². The molecule has 0 spiro atoms. The highest BCUT2D eigenvalue weighted by molar-refractivity contribution is 5.92. The zero-order valence-electron chi connectivity index (χ0n) is 13.7. The number of hydrogen-bond acceptors (Lipinski definition) is 3. The van der Waals surface area contributed by atoms with Gasteiger partial charge in [-0.1, -0.05) is 18.2 Å². The Morgan fingerprint density at radius 1 is 1.38 bits per heavy atom. The van der Waals surface area contributed by atoms with E-state index in [4.69, 9.17) is 0 Å². The Hall–Kier alpha value is -2.21. The zero-order chi connectivity index (χ0) is 17.1. The van der Waals surface area contributed by atoms with E-state index in [0.717, 1.165) is 0 Å². The molecule has 3 rings (SSSR count). The van der Waals surface area contributed by atoms with Crippen molar-refractivity contribution in [2.45, 2.75) is 32.4 Å². The Bertz CT molecular complexity index is 716. The molecule has 1 aliphatic rings. The van der Waals surface area contributed by atoms with Crippen LogP contribution in [0, 0.1) is 11.7 Å². The van der Waals surface area contributed by atoms with E-state index < -0.39 is 6.10 Å². The smallest absolute Gasteiger partial charge is 0.272 e. The molecule has 24 heavy (non-hydrogen) atoms. The van der Waals surface area contributed by atoms with E-state index in [-0.39, 0.29) is 24.2 Å². The summed E-state index contributed by atoms with van der Waals surface area (Å²) in [4.78, 5) is 14.3. The van der Waals surface area contributed by atoms with E-state index in [0.29, 0.717) is 37.2 Å². The fraction of sp³-hybridized carbons (Fsp3) is 0.444. The van der Waals surface area contributed by atoms with Crippen LogP contribution >= 0.6 is 0 Å². The van der Waals surface area contributed by atoms with Gasteiger partial charge in [-0.15, -0.1) is 0 Å². The number of rotatable bonds is 4. The molecule has 128 valence electrons. The third kappa shape index (κ3) is 3.33. The van der Waals surface area contributed by atoms with Crippen LogP contribution in [0.5, 0.6) is 0 Å². The number of nitrogens with zero attached hydrogens (tertiary/aromatic N) is 3. The summed E-state index contributed by atoms with van der Waals surface area (Å²) in [5, 5.41) is 14.5. The van der Waals surface area contributed by atoms with Crippen molar-refractivity contribution in [2.24, 2.45) is 5.92 Å². The van der Waals surface area contributed by atoms with Gasteiger partial charge >= 0.3 is 0 Å². The summed E-state index contributed by atoms with van der Waals surface area (Å²) in [6.45, 7) is 3.39. The first-order valence-corrected chi connectivity index (χ1v) is 8.32. The van der Waals surface area contributed by atoms with Gasteiger partial charge in [-0.3, -0.25) is 9.48 Å². The summed E-state index contributed by atoms with van der Waals surface area (Å²) in [6.07, 6.45) is 2.10. The maximum atomic E-state index is 13.8. The number of hydrogen-bond donors (Lipinski definition) is 1. The molecule has 6 heteroatoms. The molecule has 0 saturated carbocycles. The molecule has 5 nitrogen and oxygen atoms in total. The lowest BCUT2D eigenvalue weighted by Gasteiger charge is -2.36. The molecular formula is C18H22FN3O2. The van der Waals surface area contributed by atoms with Gasteiger partial charge in [-0.2, -0.15) is 5.10 Å². The van der Waals surface area contributed by atoms with Gasteiger partial charge in [-0.25, -0.2) is 4.39 Å². The highest BCUT2D eigenvalue weighted by atomic mass is 19.1. The van der Waals surface area contributed by atoms with E-state index in [9.17, 15) is 14.3 Å². The summed E-state index contributed by atoms with van der Waals surface area (Å²) < 4.78 is 15.4. The standard InChI is InChI=1S/C18H22FN3O2/c1-2-22-16(7-9-20-22)18(24)21-10-8-14(17(23)12-21)11-13-5-3-4-6-15(13)19/h3-7,9,14,17,23H,2,8,10-12H2,1H3/t14-,17-/m1/s1. The molecule has 0 bridgehead atoms. The quantitative estimate of drug-likeness (QED) is 0.933. The van der Waals surface area contributed by atoms with Crippen molar-refractivity contribution in [1.82, 2.24) is 14.7 Å². The van der Waals surface area contributed by atoms with Gasteiger partial charge in [0.15, 0.2) is 0 Å². The second-order valence-corrected chi connectivity index (χ2v) is 6.20. The number of aromatic nitrogens is 2. The molecule has 0 radical (unpaired) electrons. The van der Waals surface area contributed by atoms with Gasteiger partial charge in [0.1, 0.15) is 11.5 Å². The van der Waals surface area contributed by atoms with E-state index in [1.165, 1.54) is 6.07 Å². The first-order valence-electron chi connectivity index (χ1n) is 8.32. The molecule has 0 aliphatic carbocycles. The van der Waals surface area contributed by atoms with Crippen molar-refractivity contribution in [3.8, 4) is 0 Å². The number of aryl methyl sites for hydroxylation is 1. The lowest BCUT2D eigenvalue weighted by molar-refractivity contribution is 0.0189. The predicted octanol–water partition coefficient (Wildman–Crippen LogP) is 2.11. The third-order valence-corrected chi connectivity index (χ3v) is 4.68. The fourth-order valence-corrected chi connectivity index (χ4v) is 3.28. The minimum Gasteiger partial charge on any atom is -0.391 e. The molecule has 1 aliphatic heterocycles. The lowest BCUT2D eigenvalue weighted by Crippen LogP contribution is -2.47. The maximum absolute atomic E-state index is 13.8. The van der Waals surface area contributed by atoms with Crippen LogP contribution in [0.25, 0.3) is 0 Å². The Kier molecular flexibility index (Phi) is 4.94. The van der Waals surface area contributed by atoms with Crippen LogP contribution in [-0.2, 0) is 13.0 Å². The van der Waals surface area contributed by atoms with Crippen LogP contribution in [0.1, 0.15) is 29.4 Å². The highest BCUT2D eigenvalue weighted by Crippen LogP contribution is 2.24. The van der Waals surface area contributed by atoms with Crippen LogP contribution in [0.4, 0.5) is 4.39 Å². The first-order chi connectivity index (χ1) is 11.6. The maximum Gasteiger partial charge on any atom is 0.272 e. The fourth-order valence-electron chi connectivity index (χ4n) is 3.28. The minimum absolute atomic E-state index is 0.0398. The van der Waals surface area contributed by atoms with E-state index in [1.807, 2.05) is 6.92 Å². The van der Waals surface area contributed by atoms with Crippen molar-refractivity contribution < 1.29 is 14.3 Å². The number of carbonyl (C=O) groups excluding carboxylic acids is 1. The van der Waals surface area contributed by atoms with Crippen LogP contribution < -0.4 is 0 Å². The molecule has 1 aromatic heterocycles. The molecule has 2 atom stereocenters. The van der Waals surface area contributed by atoms with Crippen molar-refractivity contribution in [3.05, 3.63) is 53.6 Å². The molecule has 1 saturated heterocycles. The summed E-state index contributed by atoms with van der Waals surface area (Å²) in [5.74, 6) is -0.394. The molecule has 1 aromatic carbocycles. The van der Waals surface area contributed by atoms with Gasteiger partial charge in [0, 0.05) is 25.8 Å². The topological polar surface area (TPSA) is 58.4 Å². The van der Waals surface area contributed by atoms with Gasteiger partial charge in [0.05, 0.1) is 6.10 Å². The van der Waals surface area contributed by atoms with E-state index in [2.05, 4.69) is 5.10 Å². The van der Waals surface area contributed by atoms with E-state index in [1.54, 1.807) is 40.0 Å². The predicted molar refractivity (Wildman–Crippen MR) is 88.0 cm³/mol. The monoisotopic (exact) mass is 331 g/mol. The number of aliphatic hydroxyl groups excluding tert-OH is 1. The van der Waals surface area contributed by atoms with Gasteiger partial charge in [0.2, 0.25) is 0 Å². The number of benzene rings is 1. The Labute approximate surface area is 140 Å². The number of halogens is 1. The summed E-state index contributed by atoms with van der Waals surface area (Å²) in [7, 11) is 0. The van der Waals surface area contributed by atoms with Crippen LogP contribution in [0.3, 0.4) is 0 Å². The van der Waals surface area contributed by atoms with Crippen LogP contribution in [0.15, 0.2) is 36.5 Å². The van der Waals surface area contributed by atoms with E-state index >= 15 is 0 Å². The number of likely N-dealkylation sites (tertiary alicyclic amines) is 1. The minimum atomic E-state index is -0.652. The summed E-state index contributed by atoms with van der Waals surface area (Å²) >= 11 is 0. The Morgan fingerprint density at radius 2 is 2.17 bits per heavy atom. The summed E-state index contributed by atoms with van der Waals surface area (Å²) in [6, 6.07) is 8.35. The lowest BCUT2D eigenvalue weighted by atomic mass is 9.87. The Morgan fingerprint density at radius 3 is 2.88 bits per heavy atom. The normalized spacial score (nSPS) is 21.0. The Balaban J connectivity index is 1.65. The highest BCUT2D eigenvalue weighted by Gasteiger charge is 2.32. The molecule has 2 heterocycles. The van der Waals surface area contributed by atoms with Crippen LogP contribution in [0.2, 0.25) is 0 Å². The molecule has 1 amide bonds. The van der Waals surface area contributed by atoms with Crippen molar-refractivity contribution in [1.29, 1.82) is 0 Å². The molecule has 0 unspecified atom stereocenters. The van der Waals surface area contributed by atoms with Crippen molar-refractivity contribution in [3.63, 3.8) is 0 Å². The SMILES string of the molecule is CCn1nccc1C(=O)N1CC[C@H](Cc2ccccc2F)[C@H](O)C1. The first kappa shape index (κ1) is 16.6. The average Bonchev–Trinajstić information content (AvgIpc) is 3.06. The molecule has 1 N–H and O–H groups in total. The third-order valence-electron chi connectivity index (χ3n) is 4.68. The molecule has 1 fully saturated rings. The molecular weight excluding hydrogens is 309 g/mol. The molecule has 2 aromatic rings. The van der Waals surface area contributed by atoms with Crippen LogP contribution in [-0.4, -0.2) is 44.9 Å². The number of amides is 1. The number of piperidine rings is 1. The zero-order valence-corrected chi connectivity index (χ0v) is 13.7. The average molecular weight is 331 g/mol.